The van der Waals surface area contributed by atoms with Crippen molar-refractivity contribution >= 4 is 57.5 Å². The van der Waals surface area contributed by atoms with Crippen molar-refractivity contribution in [3.05, 3.63) is 50.7 Å². The van der Waals surface area contributed by atoms with Crippen molar-refractivity contribution in [2.24, 2.45) is 0 Å². The molecular formula is C14H12ClIN2OS. The number of aryl methyl sites for hydroxylation is 1. The molecule has 104 valence electrons. The third-order valence-electron chi connectivity index (χ3n) is 2.53. The summed E-state index contributed by atoms with van der Waals surface area (Å²) in [6.45, 7) is 1.97. The molecule has 2 rings (SSSR count). The molecular weight excluding hydrogens is 407 g/mol. The highest BCUT2D eigenvalue weighted by atomic mass is 127. The van der Waals surface area contributed by atoms with E-state index in [2.05, 4.69) is 32.9 Å². The molecule has 0 radical (unpaired) electrons. The number of anilines is 1. The number of nitrogens with zero attached hydrogens (tertiary/aromatic N) is 1. The fourth-order valence-corrected chi connectivity index (χ4v) is 3.18. The summed E-state index contributed by atoms with van der Waals surface area (Å²) in [5.74, 6) is 0.211. The van der Waals surface area contributed by atoms with Crippen molar-refractivity contribution in [1.29, 1.82) is 0 Å². The second-order valence-electron chi connectivity index (χ2n) is 4.09. The predicted octanol–water partition coefficient (Wildman–Crippen LogP) is 4.38. The highest BCUT2D eigenvalue weighted by Crippen LogP contribution is 2.24. The summed E-state index contributed by atoms with van der Waals surface area (Å²) in [6.07, 6.45) is 1.66. The first-order valence-electron chi connectivity index (χ1n) is 5.85. The topological polar surface area (TPSA) is 42.0 Å². The van der Waals surface area contributed by atoms with E-state index in [9.17, 15) is 4.79 Å². The Balaban J connectivity index is 1.94. The Morgan fingerprint density at radius 3 is 2.95 bits per heavy atom. The number of thioether (sulfide) groups is 1. The summed E-state index contributed by atoms with van der Waals surface area (Å²) in [4.78, 5) is 16.1. The van der Waals surface area contributed by atoms with Gasteiger partial charge in [0.2, 0.25) is 5.91 Å². The van der Waals surface area contributed by atoms with Crippen LogP contribution < -0.4 is 5.32 Å². The summed E-state index contributed by atoms with van der Waals surface area (Å²) >= 11 is 9.57. The van der Waals surface area contributed by atoms with Crippen LogP contribution in [0.5, 0.6) is 0 Å². The average molecular weight is 419 g/mol. The maximum Gasteiger partial charge on any atom is 0.234 e. The average Bonchev–Trinajstić information content (AvgIpc) is 2.41. The van der Waals surface area contributed by atoms with Gasteiger partial charge < -0.3 is 5.32 Å². The molecule has 2 aromatic rings. The maximum absolute atomic E-state index is 11.9. The molecule has 1 N–H and O–H groups in total. The van der Waals surface area contributed by atoms with E-state index in [1.807, 2.05) is 25.1 Å². The standard InChI is InChI=1S/C14H12ClIN2OS/c1-9-7-10(16)4-5-12(9)18-13(19)8-20-14-11(15)3-2-6-17-14/h2-7H,8H2,1H3,(H,18,19). The molecule has 20 heavy (non-hydrogen) atoms. The van der Waals surface area contributed by atoms with E-state index in [1.54, 1.807) is 18.3 Å². The molecule has 0 atom stereocenters. The van der Waals surface area contributed by atoms with Gasteiger partial charge in [-0.15, -0.1) is 0 Å². The van der Waals surface area contributed by atoms with Crippen molar-refractivity contribution in [2.75, 3.05) is 11.1 Å². The Labute approximate surface area is 140 Å². The number of halogens is 2. The molecule has 0 saturated heterocycles. The van der Waals surface area contributed by atoms with Gasteiger partial charge in [0, 0.05) is 15.5 Å². The van der Waals surface area contributed by atoms with Crippen molar-refractivity contribution in [3.63, 3.8) is 0 Å². The molecule has 0 saturated carbocycles. The number of hydrogen-bond donors (Lipinski definition) is 1. The van der Waals surface area contributed by atoms with Gasteiger partial charge in [-0.1, -0.05) is 23.4 Å². The molecule has 0 aliphatic rings. The van der Waals surface area contributed by atoms with Crippen molar-refractivity contribution in [3.8, 4) is 0 Å². The monoisotopic (exact) mass is 418 g/mol. The zero-order chi connectivity index (χ0) is 14.5. The number of benzene rings is 1. The Hall–Kier alpha value is -0.790. The summed E-state index contributed by atoms with van der Waals surface area (Å²) in [6, 6.07) is 9.43. The van der Waals surface area contributed by atoms with Crippen molar-refractivity contribution < 1.29 is 4.79 Å². The first kappa shape index (κ1) is 15.6. The van der Waals surface area contributed by atoms with E-state index >= 15 is 0 Å². The van der Waals surface area contributed by atoms with Gasteiger partial charge in [-0.2, -0.15) is 0 Å². The lowest BCUT2D eigenvalue weighted by molar-refractivity contribution is -0.113. The third kappa shape index (κ3) is 4.36. The number of hydrogen-bond acceptors (Lipinski definition) is 3. The fourth-order valence-electron chi connectivity index (χ4n) is 1.56. The molecule has 0 fully saturated rings. The molecule has 6 heteroatoms. The van der Waals surface area contributed by atoms with Gasteiger partial charge in [0.05, 0.1) is 10.8 Å². The number of carbonyl (C=O) groups excluding carboxylic acids is 1. The molecule has 0 bridgehead atoms. The normalized spacial score (nSPS) is 10.3. The number of rotatable bonds is 4. The smallest absolute Gasteiger partial charge is 0.234 e. The Bertz CT molecular complexity index is 636. The Morgan fingerprint density at radius 2 is 2.25 bits per heavy atom. The number of aromatic nitrogens is 1. The first-order chi connectivity index (χ1) is 9.56. The number of pyridine rings is 1. The van der Waals surface area contributed by atoms with Crippen LogP contribution in [-0.4, -0.2) is 16.6 Å². The molecule has 1 aromatic carbocycles. The minimum absolute atomic E-state index is 0.0685. The second-order valence-corrected chi connectivity index (χ2v) is 6.70. The van der Waals surface area contributed by atoms with Crippen LogP contribution in [0.1, 0.15) is 5.56 Å². The zero-order valence-corrected chi connectivity index (χ0v) is 14.4. The van der Waals surface area contributed by atoms with Gasteiger partial charge in [-0.3, -0.25) is 4.79 Å². The lowest BCUT2D eigenvalue weighted by atomic mass is 10.2. The predicted molar refractivity (Wildman–Crippen MR) is 92.5 cm³/mol. The van der Waals surface area contributed by atoms with Gasteiger partial charge in [0.25, 0.3) is 0 Å². The second kappa shape index (κ2) is 7.28. The van der Waals surface area contributed by atoms with Gasteiger partial charge in [-0.05, 0) is 65.4 Å². The molecule has 0 spiro atoms. The molecule has 0 unspecified atom stereocenters. The van der Waals surface area contributed by atoms with Crippen LogP contribution in [0.3, 0.4) is 0 Å². The largest absolute Gasteiger partial charge is 0.325 e. The van der Waals surface area contributed by atoms with Crippen LogP contribution in [0.4, 0.5) is 5.69 Å². The van der Waals surface area contributed by atoms with Crippen LogP contribution in [0.15, 0.2) is 41.6 Å². The Kier molecular flexibility index (Phi) is 5.68. The minimum Gasteiger partial charge on any atom is -0.325 e. The van der Waals surface area contributed by atoms with Gasteiger partial charge in [0.15, 0.2) is 0 Å². The molecule has 1 aromatic heterocycles. The molecule has 1 amide bonds. The summed E-state index contributed by atoms with van der Waals surface area (Å²) in [5.41, 5.74) is 1.88. The summed E-state index contributed by atoms with van der Waals surface area (Å²) in [7, 11) is 0. The fraction of sp³-hybridized carbons (Fsp3) is 0.143. The highest BCUT2D eigenvalue weighted by Gasteiger charge is 2.08. The number of amides is 1. The maximum atomic E-state index is 11.9. The van der Waals surface area contributed by atoms with Crippen LogP contribution in [0.2, 0.25) is 5.02 Å². The van der Waals surface area contributed by atoms with Crippen molar-refractivity contribution in [1.82, 2.24) is 4.98 Å². The molecule has 0 aliphatic carbocycles. The molecule has 1 heterocycles. The van der Waals surface area contributed by atoms with Gasteiger partial charge in [-0.25, -0.2) is 4.98 Å². The van der Waals surface area contributed by atoms with E-state index in [1.165, 1.54) is 11.8 Å². The highest BCUT2D eigenvalue weighted by molar-refractivity contribution is 14.1. The Morgan fingerprint density at radius 1 is 1.45 bits per heavy atom. The third-order valence-corrected chi connectivity index (χ3v) is 4.62. The molecule has 0 aliphatic heterocycles. The molecule has 3 nitrogen and oxygen atoms in total. The quantitative estimate of drug-likeness (QED) is 0.592. The lowest BCUT2D eigenvalue weighted by Crippen LogP contribution is -2.15. The SMILES string of the molecule is Cc1cc(I)ccc1NC(=O)CSc1ncccc1Cl. The van der Waals surface area contributed by atoms with Crippen molar-refractivity contribution in [2.45, 2.75) is 11.9 Å². The van der Waals surface area contributed by atoms with E-state index in [-0.39, 0.29) is 11.7 Å². The van der Waals surface area contributed by atoms with E-state index in [4.69, 9.17) is 11.6 Å². The van der Waals surface area contributed by atoms with Crippen LogP contribution in [-0.2, 0) is 4.79 Å². The van der Waals surface area contributed by atoms with E-state index < -0.39 is 0 Å². The lowest BCUT2D eigenvalue weighted by Gasteiger charge is -2.08. The van der Waals surface area contributed by atoms with Crippen LogP contribution in [0, 0.1) is 10.5 Å². The number of nitrogens with one attached hydrogen (secondary N) is 1. The van der Waals surface area contributed by atoms with E-state index in [0.29, 0.717) is 10.0 Å². The minimum atomic E-state index is -0.0685. The van der Waals surface area contributed by atoms with E-state index in [0.717, 1.165) is 14.8 Å². The summed E-state index contributed by atoms with van der Waals surface area (Å²) in [5, 5.41) is 4.13. The van der Waals surface area contributed by atoms with Crippen LogP contribution >= 0.6 is 46.0 Å². The van der Waals surface area contributed by atoms with Gasteiger partial charge in [0.1, 0.15) is 5.03 Å². The van der Waals surface area contributed by atoms with Crippen LogP contribution in [0.25, 0.3) is 0 Å². The van der Waals surface area contributed by atoms with Gasteiger partial charge >= 0.3 is 0 Å². The first-order valence-corrected chi connectivity index (χ1v) is 8.30. The summed E-state index contributed by atoms with van der Waals surface area (Å²) < 4.78 is 1.15. The zero-order valence-electron chi connectivity index (χ0n) is 10.7. The number of carbonyl (C=O) groups is 1.